The molecule has 1 heterocycles. The summed E-state index contributed by atoms with van der Waals surface area (Å²) in [5.41, 5.74) is 0. The van der Waals surface area contributed by atoms with Crippen LogP contribution in [0.2, 0.25) is 0 Å². The first kappa shape index (κ1) is 13.8. The van der Waals surface area contributed by atoms with E-state index in [4.69, 9.17) is 24.1 Å². The first-order valence-electron chi connectivity index (χ1n) is 4.91. The number of hydrogen-bond acceptors (Lipinski definition) is 7. The molecule has 16 heavy (non-hydrogen) atoms. The molecule has 7 heteroatoms. The van der Waals surface area contributed by atoms with Crippen molar-refractivity contribution in [3.8, 4) is 0 Å². The molecule has 1 saturated heterocycles. The molecule has 0 aromatic carbocycles. The molecule has 1 aliphatic heterocycles. The molecule has 96 valence electrons. The van der Waals surface area contributed by atoms with E-state index < -0.39 is 30.7 Å². The van der Waals surface area contributed by atoms with Crippen molar-refractivity contribution in [1.29, 1.82) is 0 Å². The Kier molecular flexibility index (Phi) is 5.56. The molecule has 3 N–H and O–H groups in total. The van der Waals surface area contributed by atoms with Gasteiger partial charge >= 0.3 is 0 Å². The number of methoxy groups -OCH3 is 2. The van der Waals surface area contributed by atoms with Gasteiger partial charge in [-0.05, 0) is 0 Å². The first-order valence-corrected chi connectivity index (χ1v) is 4.91. The van der Waals surface area contributed by atoms with Crippen molar-refractivity contribution in [3.05, 3.63) is 0 Å². The fourth-order valence-electron chi connectivity index (χ4n) is 1.59. The summed E-state index contributed by atoms with van der Waals surface area (Å²) < 4.78 is 19.8. The average molecular weight is 238 g/mol. The lowest BCUT2D eigenvalue weighted by Crippen LogP contribution is -2.60. The van der Waals surface area contributed by atoms with E-state index in [2.05, 4.69) is 0 Å². The zero-order valence-electron chi connectivity index (χ0n) is 9.28. The minimum absolute atomic E-state index is 0.0760. The van der Waals surface area contributed by atoms with Gasteiger partial charge in [0.25, 0.3) is 0 Å². The number of rotatable bonds is 5. The van der Waals surface area contributed by atoms with Gasteiger partial charge in [-0.15, -0.1) is 0 Å². The molecule has 0 amide bonds. The molecular weight excluding hydrogens is 220 g/mol. The molecule has 1 aliphatic rings. The quantitative estimate of drug-likeness (QED) is 0.479. The summed E-state index contributed by atoms with van der Waals surface area (Å²) in [4.78, 5) is 0. The lowest BCUT2D eigenvalue weighted by atomic mass is 9.99. The highest BCUT2D eigenvalue weighted by Gasteiger charge is 2.45. The van der Waals surface area contributed by atoms with E-state index in [-0.39, 0.29) is 13.4 Å². The second kappa shape index (κ2) is 6.45. The van der Waals surface area contributed by atoms with Crippen LogP contribution in [0.5, 0.6) is 0 Å². The summed E-state index contributed by atoms with van der Waals surface area (Å²) in [6.45, 7) is -0.464. The van der Waals surface area contributed by atoms with Crippen LogP contribution in [0.4, 0.5) is 0 Å². The minimum atomic E-state index is -1.14. The zero-order valence-corrected chi connectivity index (χ0v) is 9.28. The van der Waals surface area contributed by atoms with E-state index in [0.29, 0.717) is 0 Å². The highest BCUT2D eigenvalue weighted by Crippen LogP contribution is 2.23. The van der Waals surface area contributed by atoms with Gasteiger partial charge in [0, 0.05) is 14.2 Å². The Labute approximate surface area is 93.5 Å². The highest BCUT2D eigenvalue weighted by molar-refractivity contribution is 4.89. The van der Waals surface area contributed by atoms with Crippen molar-refractivity contribution in [1.82, 2.24) is 0 Å². The molecule has 0 spiro atoms. The zero-order chi connectivity index (χ0) is 12.1. The average Bonchev–Trinajstić information content (AvgIpc) is 2.29. The lowest BCUT2D eigenvalue weighted by molar-refractivity contribution is -0.309. The molecule has 1 rings (SSSR count). The molecule has 0 aromatic rings. The maximum atomic E-state index is 9.77. The van der Waals surface area contributed by atoms with Crippen LogP contribution in [-0.2, 0) is 18.9 Å². The predicted octanol–water partition coefficient (Wildman–Crippen LogP) is -1.94. The second-order valence-electron chi connectivity index (χ2n) is 3.48. The molecule has 1 fully saturated rings. The summed E-state index contributed by atoms with van der Waals surface area (Å²) in [6, 6.07) is 0. The van der Waals surface area contributed by atoms with E-state index in [0.717, 1.165) is 0 Å². The first-order chi connectivity index (χ1) is 7.65. The van der Waals surface area contributed by atoms with Gasteiger partial charge in [-0.2, -0.15) is 0 Å². The third-order valence-corrected chi connectivity index (χ3v) is 2.43. The van der Waals surface area contributed by atoms with Crippen molar-refractivity contribution in [2.75, 3.05) is 27.6 Å². The molecule has 0 bridgehead atoms. The Hall–Kier alpha value is -0.280. The molecule has 0 saturated carbocycles. The molecule has 0 aromatic heterocycles. The fraction of sp³-hybridized carbons (Fsp3) is 1.00. The molecule has 7 nitrogen and oxygen atoms in total. The van der Waals surface area contributed by atoms with Crippen LogP contribution < -0.4 is 0 Å². The van der Waals surface area contributed by atoms with Crippen molar-refractivity contribution >= 4 is 0 Å². The standard InChI is InChI=1S/C9H18O7/c1-13-4-15-8-6(11)5(3-10)16-9(14-2)7(8)12/h5-12H,3-4H2,1-2H3/t5-,6-,7-,8+,9-/m1/s1. The normalized spacial score (nSPS) is 39.9. The Morgan fingerprint density at radius 3 is 2.38 bits per heavy atom. The van der Waals surface area contributed by atoms with Crippen molar-refractivity contribution < 1.29 is 34.3 Å². The summed E-state index contributed by atoms with van der Waals surface area (Å²) in [5, 5.41) is 28.5. The van der Waals surface area contributed by atoms with Gasteiger partial charge in [-0.25, -0.2) is 0 Å². The molecular formula is C9H18O7. The van der Waals surface area contributed by atoms with E-state index in [1.807, 2.05) is 0 Å². The van der Waals surface area contributed by atoms with E-state index in [1.165, 1.54) is 14.2 Å². The minimum Gasteiger partial charge on any atom is -0.394 e. The van der Waals surface area contributed by atoms with Crippen LogP contribution in [0.1, 0.15) is 0 Å². The second-order valence-corrected chi connectivity index (χ2v) is 3.48. The topological polar surface area (TPSA) is 97.6 Å². The number of aliphatic hydroxyl groups is 3. The monoisotopic (exact) mass is 238 g/mol. The summed E-state index contributed by atoms with van der Waals surface area (Å²) in [6.07, 6.45) is -4.99. The van der Waals surface area contributed by atoms with Crippen molar-refractivity contribution in [2.24, 2.45) is 0 Å². The maximum Gasteiger partial charge on any atom is 0.186 e. The van der Waals surface area contributed by atoms with Gasteiger partial charge in [-0.3, -0.25) is 0 Å². The van der Waals surface area contributed by atoms with E-state index in [1.54, 1.807) is 0 Å². The predicted molar refractivity (Wildman–Crippen MR) is 51.5 cm³/mol. The molecule has 5 atom stereocenters. The van der Waals surface area contributed by atoms with Gasteiger partial charge in [0.2, 0.25) is 0 Å². The van der Waals surface area contributed by atoms with Crippen LogP contribution in [-0.4, -0.2) is 73.6 Å². The Morgan fingerprint density at radius 2 is 1.88 bits per heavy atom. The molecule has 0 radical (unpaired) electrons. The van der Waals surface area contributed by atoms with Gasteiger partial charge < -0.3 is 34.3 Å². The fourth-order valence-corrected chi connectivity index (χ4v) is 1.59. The SMILES string of the molecule is COCO[C@@H]1[C@@H](O)[C@H](OC)O[C@H](CO)[C@H]1O. The maximum absolute atomic E-state index is 9.77. The van der Waals surface area contributed by atoms with Gasteiger partial charge in [0.05, 0.1) is 6.61 Å². The molecule has 0 aliphatic carbocycles. The Bertz CT molecular complexity index is 184. The largest absolute Gasteiger partial charge is 0.394 e. The van der Waals surface area contributed by atoms with E-state index in [9.17, 15) is 10.2 Å². The molecule has 0 unspecified atom stereocenters. The Morgan fingerprint density at radius 1 is 1.19 bits per heavy atom. The number of aliphatic hydroxyl groups excluding tert-OH is 3. The Balaban J connectivity index is 2.67. The van der Waals surface area contributed by atoms with Crippen molar-refractivity contribution in [2.45, 2.75) is 30.7 Å². The van der Waals surface area contributed by atoms with Crippen LogP contribution >= 0.6 is 0 Å². The van der Waals surface area contributed by atoms with Gasteiger partial charge in [0.1, 0.15) is 31.2 Å². The summed E-state index contributed by atoms with van der Waals surface area (Å²) in [5.74, 6) is 0. The van der Waals surface area contributed by atoms with Crippen LogP contribution in [0.3, 0.4) is 0 Å². The van der Waals surface area contributed by atoms with Crippen LogP contribution in [0.15, 0.2) is 0 Å². The van der Waals surface area contributed by atoms with Gasteiger partial charge in [-0.1, -0.05) is 0 Å². The number of hydrogen-bond donors (Lipinski definition) is 3. The van der Waals surface area contributed by atoms with E-state index >= 15 is 0 Å². The smallest absolute Gasteiger partial charge is 0.186 e. The van der Waals surface area contributed by atoms with Crippen LogP contribution in [0, 0.1) is 0 Å². The summed E-state index contributed by atoms with van der Waals surface area (Å²) in [7, 11) is 2.78. The highest BCUT2D eigenvalue weighted by atomic mass is 16.7. The lowest BCUT2D eigenvalue weighted by Gasteiger charge is -2.41. The summed E-state index contributed by atoms with van der Waals surface area (Å²) >= 11 is 0. The number of ether oxygens (including phenoxy) is 4. The van der Waals surface area contributed by atoms with Crippen LogP contribution in [0.25, 0.3) is 0 Å². The van der Waals surface area contributed by atoms with Gasteiger partial charge in [0.15, 0.2) is 6.29 Å². The third-order valence-electron chi connectivity index (χ3n) is 2.43. The van der Waals surface area contributed by atoms with Crippen molar-refractivity contribution in [3.63, 3.8) is 0 Å². The third kappa shape index (κ3) is 2.89.